The van der Waals surface area contributed by atoms with Gasteiger partial charge in [0.1, 0.15) is 0 Å². The maximum atomic E-state index is 2.41. The Labute approximate surface area is 99.6 Å². The average Bonchev–Trinajstić information content (AvgIpc) is 3.02. The third-order valence-electron chi connectivity index (χ3n) is 4.85. The molecule has 15 heavy (non-hydrogen) atoms. The van der Waals surface area contributed by atoms with Crippen LogP contribution in [0.2, 0.25) is 0 Å². The van der Waals surface area contributed by atoms with E-state index in [0.29, 0.717) is 0 Å². The normalized spacial score (nSPS) is 35.2. The predicted molar refractivity (Wildman–Crippen MR) is 70.4 cm³/mol. The molecule has 0 bridgehead atoms. The van der Waals surface area contributed by atoms with E-state index >= 15 is 0 Å². The standard InChI is InChI=1S/C14H26S/c1-11(2)12-5-4-6-13(8-7-12)14(15-3)9-10-14/h11-13H,4-10H2,1-3H3. The summed E-state index contributed by atoms with van der Waals surface area (Å²) in [7, 11) is 0. The zero-order chi connectivity index (χ0) is 10.9. The van der Waals surface area contributed by atoms with Crippen LogP contribution < -0.4 is 0 Å². The fourth-order valence-corrected chi connectivity index (χ4v) is 4.50. The zero-order valence-corrected chi connectivity index (χ0v) is 11.4. The molecule has 0 aromatic carbocycles. The first-order valence-corrected chi connectivity index (χ1v) is 7.95. The summed E-state index contributed by atoms with van der Waals surface area (Å²) in [6, 6.07) is 0. The minimum absolute atomic E-state index is 0.742. The van der Waals surface area contributed by atoms with E-state index in [9.17, 15) is 0 Å². The van der Waals surface area contributed by atoms with Gasteiger partial charge in [-0.3, -0.25) is 0 Å². The van der Waals surface area contributed by atoms with E-state index in [1.807, 2.05) is 0 Å². The maximum Gasteiger partial charge on any atom is 0.0186 e. The lowest BCUT2D eigenvalue weighted by Crippen LogP contribution is -2.18. The van der Waals surface area contributed by atoms with Crippen molar-refractivity contribution < 1.29 is 0 Å². The molecular formula is C14H26S. The van der Waals surface area contributed by atoms with E-state index < -0.39 is 0 Å². The molecule has 2 aliphatic rings. The van der Waals surface area contributed by atoms with Crippen molar-refractivity contribution in [3.63, 3.8) is 0 Å². The Kier molecular flexibility index (Phi) is 3.70. The number of hydrogen-bond donors (Lipinski definition) is 0. The predicted octanol–water partition coefficient (Wildman–Crippen LogP) is 4.73. The SMILES string of the molecule is CSC1(C2CCCC(C(C)C)CC2)CC1. The molecule has 0 nitrogen and oxygen atoms in total. The second kappa shape index (κ2) is 4.69. The van der Waals surface area contributed by atoms with Crippen molar-refractivity contribution in [2.75, 3.05) is 6.26 Å². The van der Waals surface area contributed by atoms with Crippen LogP contribution in [-0.2, 0) is 0 Å². The molecule has 0 heterocycles. The minimum atomic E-state index is 0.742. The highest BCUT2D eigenvalue weighted by atomic mass is 32.2. The van der Waals surface area contributed by atoms with E-state index in [-0.39, 0.29) is 0 Å². The molecule has 2 aliphatic carbocycles. The van der Waals surface area contributed by atoms with Crippen molar-refractivity contribution in [1.29, 1.82) is 0 Å². The third-order valence-corrected chi connectivity index (χ3v) is 6.40. The van der Waals surface area contributed by atoms with E-state index in [4.69, 9.17) is 0 Å². The molecule has 88 valence electrons. The molecule has 0 N–H and O–H groups in total. The van der Waals surface area contributed by atoms with Gasteiger partial charge < -0.3 is 0 Å². The first kappa shape index (κ1) is 11.8. The first-order valence-electron chi connectivity index (χ1n) is 6.73. The van der Waals surface area contributed by atoms with Gasteiger partial charge in [-0.2, -0.15) is 11.8 Å². The average molecular weight is 226 g/mol. The van der Waals surface area contributed by atoms with Crippen molar-refractivity contribution in [3.05, 3.63) is 0 Å². The number of hydrogen-bond acceptors (Lipinski definition) is 1. The summed E-state index contributed by atoms with van der Waals surface area (Å²) < 4.78 is 0.742. The molecule has 0 radical (unpaired) electrons. The summed E-state index contributed by atoms with van der Waals surface area (Å²) in [4.78, 5) is 0. The molecule has 2 rings (SSSR count). The van der Waals surface area contributed by atoms with Crippen molar-refractivity contribution >= 4 is 11.8 Å². The van der Waals surface area contributed by atoms with E-state index in [0.717, 1.165) is 22.5 Å². The van der Waals surface area contributed by atoms with E-state index in [1.54, 1.807) is 0 Å². The first-order chi connectivity index (χ1) is 7.18. The molecule has 2 atom stereocenters. The monoisotopic (exact) mass is 226 g/mol. The lowest BCUT2D eigenvalue weighted by atomic mass is 9.88. The van der Waals surface area contributed by atoms with Gasteiger partial charge in [-0.15, -0.1) is 0 Å². The van der Waals surface area contributed by atoms with Gasteiger partial charge in [-0.05, 0) is 56.1 Å². The van der Waals surface area contributed by atoms with Crippen LogP contribution in [-0.4, -0.2) is 11.0 Å². The van der Waals surface area contributed by atoms with Gasteiger partial charge in [0.15, 0.2) is 0 Å². The van der Waals surface area contributed by atoms with E-state index in [1.165, 1.54) is 44.9 Å². The summed E-state index contributed by atoms with van der Waals surface area (Å²) in [5.41, 5.74) is 0. The molecule has 0 aromatic rings. The summed E-state index contributed by atoms with van der Waals surface area (Å²) in [5, 5.41) is 0. The van der Waals surface area contributed by atoms with Gasteiger partial charge in [0.2, 0.25) is 0 Å². The van der Waals surface area contributed by atoms with Crippen LogP contribution in [0.5, 0.6) is 0 Å². The lowest BCUT2D eigenvalue weighted by molar-refractivity contribution is 0.334. The van der Waals surface area contributed by atoms with Gasteiger partial charge in [0.05, 0.1) is 0 Å². The fraction of sp³-hybridized carbons (Fsp3) is 1.00. The van der Waals surface area contributed by atoms with Crippen LogP contribution >= 0.6 is 11.8 Å². The molecule has 0 aliphatic heterocycles. The summed E-state index contributed by atoms with van der Waals surface area (Å²) >= 11 is 2.16. The molecule has 0 amide bonds. The highest BCUT2D eigenvalue weighted by Gasteiger charge is 2.48. The van der Waals surface area contributed by atoms with Crippen molar-refractivity contribution in [3.8, 4) is 0 Å². The smallest absolute Gasteiger partial charge is 0.0186 e. The van der Waals surface area contributed by atoms with Crippen LogP contribution in [0.15, 0.2) is 0 Å². The maximum absolute atomic E-state index is 2.41. The number of rotatable bonds is 3. The van der Waals surface area contributed by atoms with Gasteiger partial charge in [0.25, 0.3) is 0 Å². The minimum Gasteiger partial charge on any atom is -0.158 e. The highest BCUT2D eigenvalue weighted by molar-refractivity contribution is 8.00. The van der Waals surface area contributed by atoms with Crippen LogP contribution in [0.1, 0.15) is 58.8 Å². The molecule has 0 saturated heterocycles. The molecule has 0 aromatic heterocycles. The molecule has 2 saturated carbocycles. The Morgan fingerprint density at radius 2 is 1.80 bits per heavy atom. The Balaban J connectivity index is 1.90. The van der Waals surface area contributed by atoms with Crippen LogP contribution in [0.4, 0.5) is 0 Å². The Bertz CT molecular complexity index is 205. The summed E-state index contributed by atoms with van der Waals surface area (Å²) in [6.07, 6.45) is 12.9. The van der Waals surface area contributed by atoms with E-state index in [2.05, 4.69) is 31.9 Å². The molecular weight excluding hydrogens is 200 g/mol. The van der Waals surface area contributed by atoms with Gasteiger partial charge in [-0.25, -0.2) is 0 Å². The molecule has 1 heteroatoms. The summed E-state index contributed by atoms with van der Waals surface area (Å²) in [5.74, 6) is 2.98. The van der Waals surface area contributed by atoms with Crippen molar-refractivity contribution in [1.82, 2.24) is 0 Å². The second-order valence-electron chi connectivity index (χ2n) is 5.98. The largest absolute Gasteiger partial charge is 0.158 e. The zero-order valence-electron chi connectivity index (χ0n) is 10.6. The highest BCUT2D eigenvalue weighted by Crippen LogP contribution is 2.56. The topological polar surface area (TPSA) is 0 Å². The van der Waals surface area contributed by atoms with Crippen molar-refractivity contribution in [2.45, 2.75) is 63.5 Å². The third kappa shape index (κ3) is 2.54. The van der Waals surface area contributed by atoms with Crippen molar-refractivity contribution in [2.24, 2.45) is 17.8 Å². The Morgan fingerprint density at radius 3 is 2.33 bits per heavy atom. The van der Waals surface area contributed by atoms with Crippen LogP contribution in [0.25, 0.3) is 0 Å². The van der Waals surface area contributed by atoms with Gasteiger partial charge in [0, 0.05) is 4.75 Å². The van der Waals surface area contributed by atoms with Gasteiger partial charge >= 0.3 is 0 Å². The molecule has 0 spiro atoms. The van der Waals surface area contributed by atoms with Gasteiger partial charge in [-0.1, -0.05) is 26.7 Å². The Morgan fingerprint density at radius 1 is 1.07 bits per heavy atom. The molecule has 2 fully saturated rings. The lowest BCUT2D eigenvalue weighted by Gasteiger charge is -2.24. The number of thioether (sulfide) groups is 1. The molecule has 2 unspecified atom stereocenters. The van der Waals surface area contributed by atoms with Crippen LogP contribution in [0.3, 0.4) is 0 Å². The fourth-order valence-electron chi connectivity index (χ4n) is 3.43. The Hall–Kier alpha value is 0.350. The quantitative estimate of drug-likeness (QED) is 0.627. The second-order valence-corrected chi connectivity index (χ2v) is 7.20. The summed E-state index contributed by atoms with van der Waals surface area (Å²) in [6.45, 7) is 4.82. The van der Waals surface area contributed by atoms with Crippen LogP contribution in [0, 0.1) is 17.8 Å².